The van der Waals surface area contributed by atoms with Crippen LogP contribution in [0.25, 0.3) is 0 Å². The number of rotatable bonds is 2. The monoisotopic (exact) mass is 268 g/mol. The van der Waals surface area contributed by atoms with Crippen LogP contribution in [0.1, 0.15) is 13.3 Å². The van der Waals surface area contributed by atoms with Crippen LogP contribution in [0.15, 0.2) is 28.7 Å². The second-order valence-electron chi connectivity index (χ2n) is 4.38. The van der Waals surface area contributed by atoms with Crippen LogP contribution in [0.5, 0.6) is 0 Å². The van der Waals surface area contributed by atoms with Crippen LogP contribution in [-0.2, 0) is 0 Å². The summed E-state index contributed by atoms with van der Waals surface area (Å²) in [5.41, 5.74) is 1.21. The van der Waals surface area contributed by atoms with Crippen molar-refractivity contribution in [3.63, 3.8) is 0 Å². The van der Waals surface area contributed by atoms with Crippen molar-refractivity contribution in [3.05, 3.63) is 28.7 Å². The van der Waals surface area contributed by atoms with E-state index < -0.39 is 0 Å². The average molecular weight is 269 g/mol. The molecule has 0 saturated carbocycles. The lowest BCUT2D eigenvalue weighted by Gasteiger charge is -2.14. The lowest BCUT2D eigenvalue weighted by atomic mass is 10.2. The fourth-order valence-corrected chi connectivity index (χ4v) is 2.51. The number of anilines is 1. The lowest BCUT2D eigenvalue weighted by molar-refractivity contribution is 0.330. The van der Waals surface area contributed by atoms with Crippen LogP contribution in [0, 0.1) is 0 Å². The van der Waals surface area contributed by atoms with Gasteiger partial charge in [0.1, 0.15) is 0 Å². The third-order valence-electron chi connectivity index (χ3n) is 3.08. The maximum Gasteiger partial charge on any atom is 0.0403 e. The van der Waals surface area contributed by atoms with Gasteiger partial charge in [-0.05, 0) is 38.6 Å². The fourth-order valence-electron chi connectivity index (χ4n) is 2.11. The summed E-state index contributed by atoms with van der Waals surface area (Å²) in [6.07, 6.45) is 1.23. The summed E-state index contributed by atoms with van der Waals surface area (Å²) in [6.45, 7) is 3.41. The summed E-state index contributed by atoms with van der Waals surface area (Å²) in [4.78, 5) is 2.40. The average Bonchev–Trinajstić information content (AvgIpc) is 2.45. The first-order valence-corrected chi connectivity index (χ1v) is 6.17. The van der Waals surface area contributed by atoms with Crippen LogP contribution in [0.3, 0.4) is 0 Å². The maximum atomic E-state index is 3.57. The number of benzene rings is 1. The van der Waals surface area contributed by atoms with E-state index in [0.29, 0.717) is 12.1 Å². The SMILES string of the molecule is CC1CC(Nc2cccc(Br)c2)CN1C. The van der Waals surface area contributed by atoms with Gasteiger partial charge in [0, 0.05) is 28.8 Å². The Morgan fingerprint density at radius 3 is 2.87 bits per heavy atom. The van der Waals surface area contributed by atoms with Crippen molar-refractivity contribution in [2.24, 2.45) is 0 Å². The van der Waals surface area contributed by atoms with Gasteiger partial charge in [-0.3, -0.25) is 0 Å². The highest BCUT2D eigenvalue weighted by molar-refractivity contribution is 9.10. The molecule has 2 nitrogen and oxygen atoms in total. The van der Waals surface area contributed by atoms with E-state index in [0.717, 1.165) is 11.0 Å². The van der Waals surface area contributed by atoms with E-state index in [1.54, 1.807) is 0 Å². The van der Waals surface area contributed by atoms with Gasteiger partial charge in [0.25, 0.3) is 0 Å². The number of hydrogen-bond acceptors (Lipinski definition) is 2. The molecule has 0 spiro atoms. The van der Waals surface area contributed by atoms with Gasteiger partial charge in [0.2, 0.25) is 0 Å². The van der Waals surface area contributed by atoms with E-state index in [9.17, 15) is 0 Å². The first-order valence-electron chi connectivity index (χ1n) is 5.37. The minimum atomic E-state index is 0.583. The van der Waals surface area contributed by atoms with E-state index in [2.05, 4.69) is 64.4 Å². The van der Waals surface area contributed by atoms with Crippen molar-refractivity contribution in [3.8, 4) is 0 Å². The predicted octanol–water partition coefficient (Wildman–Crippen LogP) is 2.95. The van der Waals surface area contributed by atoms with Gasteiger partial charge in [-0.15, -0.1) is 0 Å². The van der Waals surface area contributed by atoms with Gasteiger partial charge in [-0.1, -0.05) is 22.0 Å². The van der Waals surface area contributed by atoms with Crippen molar-refractivity contribution in [2.75, 3.05) is 18.9 Å². The Morgan fingerprint density at radius 1 is 1.47 bits per heavy atom. The molecule has 0 aliphatic carbocycles. The van der Waals surface area contributed by atoms with Crippen LogP contribution >= 0.6 is 15.9 Å². The van der Waals surface area contributed by atoms with Crippen molar-refractivity contribution in [2.45, 2.75) is 25.4 Å². The van der Waals surface area contributed by atoms with Gasteiger partial charge in [-0.25, -0.2) is 0 Å². The van der Waals surface area contributed by atoms with Gasteiger partial charge in [-0.2, -0.15) is 0 Å². The molecule has 3 heteroatoms. The highest BCUT2D eigenvalue weighted by Gasteiger charge is 2.25. The van der Waals surface area contributed by atoms with E-state index in [4.69, 9.17) is 0 Å². The first kappa shape index (κ1) is 11.0. The Kier molecular flexibility index (Phi) is 3.32. The molecule has 1 aromatic carbocycles. The number of nitrogens with one attached hydrogen (secondary N) is 1. The van der Waals surface area contributed by atoms with Gasteiger partial charge >= 0.3 is 0 Å². The zero-order chi connectivity index (χ0) is 10.8. The number of likely N-dealkylation sites (tertiary alicyclic amines) is 1. The van der Waals surface area contributed by atoms with Crippen molar-refractivity contribution >= 4 is 21.6 Å². The first-order chi connectivity index (χ1) is 7.15. The van der Waals surface area contributed by atoms with Crippen LogP contribution in [0.4, 0.5) is 5.69 Å². The van der Waals surface area contributed by atoms with Crippen molar-refractivity contribution in [1.82, 2.24) is 4.90 Å². The highest BCUT2D eigenvalue weighted by atomic mass is 79.9. The summed E-state index contributed by atoms with van der Waals surface area (Å²) in [6, 6.07) is 9.63. The van der Waals surface area contributed by atoms with E-state index in [-0.39, 0.29) is 0 Å². The third-order valence-corrected chi connectivity index (χ3v) is 3.58. The lowest BCUT2D eigenvalue weighted by Crippen LogP contribution is -2.24. The van der Waals surface area contributed by atoms with Gasteiger partial charge < -0.3 is 10.2 Å². The molecule has 15 heavy (non-hydrogen) atoms. The quantitative estimate of drug-likeness (QED) is 0.888. The Hall–Kier alpha value is -0.540. The normalized spacial score (nSPS) is 26.9. The largest absolute Gasteiger partial charge is 0.381 e. The third kappa shape index (κ3) is 2.73. The molecule has 82 valence electrons. The smallest absolute Gasteiger partial charge is 0.0403 e. The van der Waals surface area contributed by atoms with Gasteiger partial charge in [0.15, 0.2) is 0 Å². The molecular formula is C12H17BrN2. The van der Waals surface area contributed by atoms with Gasteiger partial charge in [0.05, 0.1) is 0 Å². The molecule has 1 saturated heterocycles. The minimum Gasteiger partial charge on any atom is -0.381 e. The summed E-state index contributed by atoms with van der Waals surface area (Å²) in [7, 11) is 2.19. The zero-order valence-electron chi connectivity index (χ0n) is 9.20. The minimum absolute atomic E-state index is 0.583. The summed E-state index contributed by atoms with van der Waals surface area (Å²) in [5, 5.41) is 3.57. The Balaban J connectivity index is 1.98. The maximum absolute atomic E-state index is 3.57. The topological polar surface area (TPSA) is 15.3 Å². The second-order valence-corrected chi connectivity index (χ2v) is 5.29. The fraction of sp³-hybridized carbons (Fsp3) is 0.500. The van der Waals surface area contributed by atoms with Crippen molar-refractivity contribution < 1.29 is 0 Å². The van der Waals surface area contributed by atoms with E-state index in [1.807, 2.05) is 0 Å². The molecule has 0 amide bonds. The zero-order valence-corrected chi connectivity index (χ0v) is 10.8. The number of likely N-dealkylation sites (N-methyl/N-ethyl adjacent to an activating group) is 1. The van der Waals surface area contributed by atoms with E-state index in [1.165, 1.54) is 12.1 Å². The number of hydrogen-bond donors (Lipinski definition) is 1. The molecule has 2 atom stereocenters. The summed E-state index contributed by atoms with van der Waals surface area (Å²) in [5.74, 6) is 0. The summed E-state index contributed by atoms with van der Waals surface area (Å²) >= 11 is 3.48. The number of halogens is 1. The highest BCUT2D eigenvalue weighted by Crippen LogP contribution is 2.21. The van der Waals surface area contributed by atoms with Crippen LogP contribution < -0.4 is 5.32 Å². The molecule has 1 aliphatic rings. The molecular weight excluding hydrogens is 252 g/mol. The second kappa shape index (κ2) is 4.54. The Morgan fingerprint density at radius 2 is 2.27 bits per heavy atom. The molecule has 2 unspecified atom stereocenters. The van der Waals surface area contributed by atoms with Crippen LogP contribution in [0.2, 0.25) is 0 Å². The number of nitrogens with zero attached hydrogens (tertiary/aromatic N) is 1. The molecule has 0 bridgehead atoms. The Labute approximate surface area is 99.8 Å². The van der Waals surface area contributed by atoms with Crippen molar-refractivity contribution in [1.29, 1.82) is 0 Å². The molecule has 1 N–H and O–H groups in total. The standard InChI is InChI=1S/C12H17BrN2/c1-9-6-12(8-15(9)2)14-11-5-3-4-10(13)7-11/h3-5,7,9,12,14H,6,8H2,1-2H3. The molecule has 1 fully saturated rings. The van der Waals surface area contributed by atoms with E-state index >= 15 is 0 Å². The molecule has 1 aromatic rings. The molecule has 1 heterocycles. The molecule has 0 aromatic heterocycles. The Bertz CT molecular complexity index is 330. The molecule has 1 aliphatic heterocycles. The predicted molar refractivity (Wildman–Crippen MR) is 68.3 cm³/mol. The summed E-state index contributed by atoms with van der Waals surface area (Å²) < 4.78 is 1.13. The van der Waals surface area contributed by atoms with Crippen LogP contribution in [-0.4, -0.2) is 30.6 Å². The molecule has 0 radical (unpaired) electrons. The molecule has 2 rings (SSSR count).